The summed E-state index contributed by atoms with van der Waals surface area (Å²) >= 11 is 2.16. The highest BCUT2D eigenvalue weighted by molar-refractivity contribution is 8.00. The van der Waals surface area contributed by atoms with Crippen LogP contribution in [-0.4, -0.2) is 48.1 Å². The van der Waals surface area contributed by atoms with Crippen molar-refractivity contribution in [1.82, 2.24) is 10.2 Å². The van der Waals surface area contributed by atoms with Crippen LogP contribution in [0.2, 0.25) is 0 Å². The van der Waals surface area contributed by atoms with Crippen molar-refractivity contribution in [2.45, 2.75) is 50.4 Å². The van der Waals surface area contributed by atoms with Crippen LogP contribution in [0.25, 0.3) is 0 Å². The highest BCUT2D eigenvalue weighted by Gasteiger charge is 2.29. The largest absolute Gasteiger partial charge is 0.313 e. The third-order valence-corrected chi connectivity index (χ3v) is 5.64. The Kier molecular flexibility index (Phi) is 4.57. The second-order valence-corrected chi connectivity index (χ2v) is 7.06. The zero-order chi connectivity index (χ0) is 11.5. The third kappa shape index (κ3) is 3.14. The topological polar surface area (TPSA) is 15.3 Å². The van der Waals surface area contributed by atoms with Crippen molar-refractivity contribution in [2.75, 3.05) is 25.9 Å². The van der Waals surface area contributed by atoms with E-state index in [1.165, 1.54) is 38.1 Å². The lowest BCUT2D eigenvalue weighted by molar-refractivity contribution is 0.122. The minimum absolute atomic E-state index is 0.741. The van der Waals surface area contributed by atoms with E-state index in [0.717, 1.165) is 23.3 Å². The van der Waals surface area contributed by atoms with Gasteiger partial charge in [-0.2, -0.15) is 11.8 Å². The second-order valence-electron chi connectivity index (χ2n) is 5.65. The fourth-order valence-electron chi connectivity index (χ4n) is 2.91. The molecule has 2 saturated heterocycles. The first-order valence-corrected chi connectivity index (χ1v) is 7.77. The Labute approximate surface area is 105 Å². The number of nitrogens with one attached hydrogen (secondary N) is 1. The zero-order valence-corrected chi connectivity index (χ0v) is 11.7. The monoisotopic (exact) mass is 242 g/mol. The van der Waals surface area contributed by atoms with Crippen LogP contribution in [-0.2, 0) is 0 Å². The minimum Gasteiger partial charge on any atom is -0.313 e. The van der Waals surface area contributed by atoms with Gasteiger partial charge < -0.3 is 10.2 Å². The number of hydrogen-bond acceptors (Lipinski definition) is 3. The molecule has 94 valence electrons. The number of thioether (sulfide) groups is 1. The maximum absolute atomic E-state index is 3.82. The maximum atomic E-state index is 3.82. The van der Waals surface area contributed by atoms with Crippen molar-refractivity contribution < 1.29 is 0 Å². The standard InChI is InChI=1S/C13H26N2S/c1-10-9-15(3)11(2)7-13(10)14-8-12-5-4-6-16-12/h10-14H,4-9H2,1-3H3. The van der Waals surface area contributed by atoms with E-state index in [0.29, 0.717) is 0 Å². The van der Waals surface area contributed by atoms with Crippen LogP contribution < -0.4 is 5.32 Å². The molecule has 16 heavy (non-hydrogen) atoms. The van der Waals surface area contributed by atoms with E-state index in [2.05, 4.69) is 42.9 Å². The molecule has 0 aromatic carbocycles. The van der Waals surface area contributed by atoms with Gasteiger partial charge in [0.2, 0.25) is 0 Å². The molecule has 1 N–H and O–H groups in total. The predicted octanol–water partition coefficient (Wildman–Crippen LogP) is 2.20. The van der Waals surface area contributed by atoms with Crippen molar-refractivity contribution >= 4 is 11.8 Å². The number of rotatable bonds is 3. The number of likely N-dealkylation sites (tertiary alicyclic amines) is 1. The van der Waals surface area contributed by atoms with Gasteiger partial charge in [0.1, 0.15) is 0 Å². The molecule has 2 aliphatic rings. The SMILES string of the molecule is CC1CN(C)C(C)CC1NCC1CCCS1. The van der Waals surface area contributed by atoms with Gasteiger partial charge in [0.15, 0.2) is 0 Å². The Morgan fingerprint density at radius 3 is 2.88 bits per heavy atom. The Bertz CT molecular complexity index is 216. The van der Waals surface area contributed by atoms with Gasteiger partial charge in [-0.3, -0.25) is 0 Å². The van der Waals surface area contributed by atoms with Crippen molar-refractivity contribution in [3.05, 3.63) is 0 Å². The Morgan fingerprint density at radius 1 is 1.38 bits per heavy atom. The summed E-state index contributed by atoms with van der Waals surface area (Å²) < 4.78 is 0. The van der Waals surface area contributed by atoms with E-state index < -0.39 is 0 Å². The molecule has 2 aliphatic heterocycles. The molecule has 2 rings (SSSR count). The van der Waals surface area contributed by atoms with Crippen molar-refractivity contribution in [1.29, 1.82) is 0 Å². The zero-order valence-electron chi connectivity index (χ0n) is 10.9. The minimum atomic E-state index is 0.741. The smallest absolute Gasteiger partial charge is 0.0172 e. The molecule has 2 fully saturated rings. The van der Waals surface area contributed by atoms with E-state index in [1.54, 1.807) is 0 Å². The van der Waals surface area contributed by atoms with Crippen LogP contribution in [0.5, 0.6) is 0 Å². The highest BCUT2D eigenvalue weighted by Crippen LogP contribution is 2.26. The molecule has 3 heteroatoms. The fraction of sp³-hybridized carbons (Fsp3) is 1.00. The molecule has 2 heterocycles. The summed E-state index contributed by atoms with van der Waals surface area (Å²) in [4.78, 5) is 2.49. The van der Waals surface area contributed by atoms with E-state index in [1.807, 2.05) is 0 Å². The lowest BCUT2D eigenvalue weighted by Gasteiger charge is -2.40. The quantitative estimate of drug-likeness (QED) is 0.817. The van der Waals surface area contributed by atoms with E-state index in [4.69, 9.17) is 0 Å². The number of hydrogen-bond donors (Lipinski definition) is 1. The van der Waals surface area contributed by atoms with E-state index in [9.17, 15) is 0 Å². The molecule has 2 nitrogen and oxygen atoms in total. The first-order valence-electron chi connectivity index (χ1n) is 6.72. The third-order valence-electron chi connectivity index (χ3n) is 4.24. The van der Waals surface area contributed by atoms with Gasteiger partial charge in [-0.25, -0.2) is 0 Å². The molecule has 0 aromatic heterocycles. The molecule has 0 amide bonds. The Balaban J connectivity index is 1.75. The van der Waals surface area contributed by atoms with Crippen molar-refractivity contribution in [2.24, 2.45) is 5.92 Å². The first-order chi connectivity index (χ1) is 7.66. The lowest BCUT2D eigenvalue weighted by atomic mass is 9.90. The second kappa shape index (κ2) is 5.74. The summed E-state index contributed by atoms with van der Waals surface area (Å²) in [5, 5.41) is 4.71. The summed E-state index contributed by atoms with van der Waals surface area (Å²) in [5.74, 6) is 2.18. The molecular weight excluding hydrogens is 216 g/mol. The van der Waals surface area contributed by atoms with Crippen molar-refractivity contribution in [3.8, 4) is 0 Å². The van der Waals surface area contributed by atoms with Gasteiger partial charge >= 0.3 is 0 Å². The average molecular weight is 242 g/mol. The lowest BCUT2D eigenvalue weighted by Crippen LogP contribution is -2.51. The Morgan fingerprint density at radius 2 is 2.19 bits per heavy atom. The molecule has 4 unspecified atom stereocenters. The van der Waals surface area contributed by atoms with Gasteiger partial charge in [0.25, 0.3) is 0 Å². The number of nitrogens with zero attached hydrogens (tertiary/aromatic N) is 1. The molecule has 0 radical (unpaired) electrons. The average Bonchev–Trinajstić information content (AvgIpc) is 2.74. The van der Waals surface area contributed by atoms with Gasteiger partial charge in [0, 0.05) is 30.4 Å². The normalized spacial score (nSPS) is 41.4. The van der Waals surface area contributed by atoms with Crippen LogP contribution in [0, 0.1) is 5.92 Å². The summed E-state index contributed by atoms with van der Waals surface area (Å²) in [6.07, 6.45) is 4.17. The van der Waals surface area contributed by atoms with Crippen LogP contribution >= 0.6 is 11.8 Å². The fourth-order valence-corrected chi connectivity index (χ4v) is 4.13. The highest BCUT2D eigenvalue weighted by atomic mass is 32.2. The van der Waals surface area contributed by atoms with E-state index >= 15 is 0 Å². The van der Waals surface area contributed by atoms with Crippen LogP contribution in [0.3, 0.4) is 0 Å². The Hall–Kier alpha value is 0.270. The summed E-state index contributed by atoms with van der Waals surface area (Å²) in [7, 11) is 2.25. The molecule has 0 aromatic rings. The van der Waals surface area contributed by atoms with E-state index in [-0.39, 0.29) is 0 Å². The summed E-state index contributed by atoms with van der Waals surface area (Å²) in [5.41, 5.74) is 0. The maximum Gasteiger partial charge on any atom is 0.0172 e. The van der Waals surface area contributed by atoms with Gasteiger partial charge in [0.05, 0.1) is 0 Å². The summed E-state index contributed by atoms with van der Waals surface area (Å²) in [6, 6.07) is 1.48. The predicted molar refractivity (Wildman–Crippen MR) is 73.1 cm³/mol. The van der Waals surface area contributed by atoms with Crippen molar-refractivity contribution in [3.63, 3.8) is 0 Å². The summed E-state index contributed by atoms with van der Waals surface area (Å²) in [6.45, 7) is 7.22. The van der Waals surface area contributed by atoms with Gasteiger partial charge in [-0.05, 0) is 44.9 Å². The first kappa shape index (κ1) is 12.7. The van der Waals surface area contributed by atoms with Crippen LogP contribution in [0.4, 0.5) is 0 Å². The molecule has 0 bridgehead atoms. The molecule has 0 aliphatic carbocycles. The van der Waals surface area contributed by atoms with Gasteiger partial charge in [-0.1, -0.05) is 6.92 Å². The molecular formula is C13H26N2S. The molecule has 4 atom stereocenters. The van der Waals surface area contributed by atoms with Gasteiger partial charge in [-0.15, -0.1) is 0 Å². The van der Waals surface area contributed by atoms with Crippen LogP contribution in [0.15, 0.2) is 0 Å². The van der Waals surface area contributed by atoms with Crippen LogP contribution in [0.1, 0.15) is 33.1 Å². The molecule has 0 spiro atoms. The number of piperidine rings is 1. The molecule has 0 saturated carbocycles.